The quantitative estimate of drug-likeness (QED) is 0.869. The number of nitrogens with zero attached hydrogens (tertiary/aromatic N) is 2. The van der Waals surface area contributed by atoms with Crippen molar-refractivity contribution in [3.63, 3.8) is 0 Å². The second kappa shape index (κ2) is 5.67. The van der Waals surface area contributed by atoms with Gasteiger partial charge in [-0.1, -0.05) is 18.2 Å². The first-order chi connectivity index (χ1) is 9.08. The van der Waals surface area contributed by atoms with E-state index < -0.39 is 6.10 Å². The average molecular weight is 259 g/mol. The maximum absolute atomic E-state index is 11.9. The van der Waals surface area contributed by atoms with E-state index in [-0.39, 0.29) is 12.5 Å². The number of hydrogen-bond donors (Lipinski definition) is 2. The third-order valence-electron chi connectivity index (χ3n) is 2.72. The van der Waals surface area contributed by atoms with Gasteiger partial charge in [0.25, 0.3) is 5.91 Å². The standard InChI is InChI=1S/C14H17N3O2/c1-10(18)8-15-14(19)13-9-17(16-11(13)2)12-6-4-3-5-7-12/h3-7,9-10,18H,8H2,1-2H3,(H,15,19). The highest BCUT2D eigenvalue weighted by Crippen LogP contribution is 2.11. The van der Waals surface area contributed by atoms with E-state index >= 15 is 0 Å². The largest absolute Gasteiger partial charge is 0.392 e. The van der Waals surface area contributed by atoms with Crippen LogP contribution in [0.5, 0.6) is 0 Å². The maximum atomic E-state index is 11.9. The molecule has 0 saturated heterocycles. The Kier molecular flexibility index (Phi) is 3.97. The summed E-state index contributed by atoms with van der Waals surface area (Å²) in [5.41, 5.74) is 2.08. The number of aliphatic hydroxyl groups excluding tert-OH is 1. The molecule has 5 nitrogen and oxygen atoms in total. The molecule has 19 heavy (non-hydrogen) atoms. The van der Waals surface area contributed by atoms with Gasteiger partial charge >= 0.3 is 0 Å². The minimum Gasteiger partial charge on any atom is -0.392 e. The Labute approximate surface area is 111 Å². The van der Waals surface area contributed by atoms with Crippen molar-refractivity contribution < 1.29 is 9.90 Å². The molecular formula is C14H17N3O2. The average Bonchev–Trinajstić information content (AvgIpc) is 2.79. The molecular weight excluding hydrogens is 242 g/mol. The summed E-state index contributed by atoms with van der Waals surface area (Å²) in [4.78, 5) is 11.9. The molecule has 1 amide bonds. The normalized spacial score (nSPS) is 12.2. The molecule has 1 aromatic heterocycles. The van der Waals surface area contributed by atoms with Gasteiger partial charge < -0.3 is 10.4 Å². The molecule has 0 aliphatic carbocycles. The summed E-state index contributed by atoms with van der Waals surface area (Å²) in [6.45, 7) is 3.64. The summed E-state index contributed by atoms with van der Waals surface area (Å²) in [5, 5.41) is 16.1. The highest BCUT2D eigenvalue weighted by molar-refractivity contribution is 5.95. The zero-order chi connectivity index (χ0) is 13.8. The van der Waals surface area contributed by atoms with Crippen LogP contribution in [0.2, 0.25) is 0 Å². The molecule has 1 aromatic carbocycles. The van der Waals surface area contributed by atoms with Gasteiger partial charge in [0.15, 0.2) is 0 Å². The van der Waals surface area contributed by atoms with Crippen LogP contribution in [0.25, 0.3) is 5.69 Å². The van der Waals surface area contributed by atoms with Gasteiger partial charge in [0.1, 0.15) is 0 Å². The first-order valence-electron chi connectivity index (χ1n) is 6.16. The molecule has 0 spiro atoms. The SMILES string of the molecule is Cc1nn(-c2ccccc2)cc1C(=O)NCC(C)O. The number of nitrogens with one attached hydrogen (secondary N) is 1. The fraction of sp³-hybridized carbons (Fsp3) is 0.286. The van der Waals surface area contributed by atoms with E-state index in [4.69, 9.17) is 5.11 Å². The highest BCUT2D eigenvalue weighted by atomic mass is 16.3. The van der Waals surface area contributed by atoms with Crippen LogP contribution >= 0.6 is 0 Å². The Morgan fingerprint density at radius 1 is 1.42 bits per heavy atom. The van der Waals surface area contributed by atoms with Crippen molar-refractivity contribution in [1.82, 2.24) is 15.1 Å². The number of carbonyl (C=O) groups is 1. The van der Waals surface area contributed by atoms with Gasteiger partial charge in [0, 0.05) is 12.7 Å². The van der Waals surface area contributed by atoms with E-state index in [9.17, 15) is 4.79 Å². The number of benzene rings is 1. The van der Waals surface area contributed by atoms with Gasteiger partial charge in [-0.15, -0.1) is 0 Å². The molecule has 100 valence electrons. The monoisotopic (exact) mass is 259 g/mol. The molecule has 2 N–H and O–H groups in total. The summed E-state index contributed by atoms with van der Waals surface area (Å²) in [5.74, 6) is -0.222. The van der Waals surface area contributed by atoms with Crippen molar-refractivity contribution in [1.29, 1.82) is 0 Å². The highest BCUT2D eigenvalue weighted by Gasteiger charge is 2.14. The van der Waals surface area contributed by atoms with Crippen molar-refractivity contribution in [2.45, 2.75) is 20.0 Å². The maximum Gasteiger partial charge on any atom is 0.254 e. The predicted octanol–water partition coefficient (Wildman–Crippen LogP) is 1.29. The molecule has 0 radical (unpaired) electrons. The summed E-state index contributed by atoms with van der Waals surface area (Å²) >= 11 is 0. The van der Waals surface area contributed by atoms with Crippen molar-refractivity contribution in [2.24, 2.45) is 0 Å². The third kappa shape index (κ3) is 3.20. The number of carbonyl (C=O) groups excluding carboxylic acids is 1. The number of aliphatic hydroxyl groups is 1. The minimum atomic E-state index is -0.562. The third-order valence-corrected chi connectivity index (χ3v) is 2.72. The van der Waals surface area contributed by atoms with Gasteiger partial charge in [-0.2, -0.15) is 5.10 Å². The molecule has 1 unspecified atom stereocenters. The topological polar surface area (TPSA) is 67.2 Å². The zero-order valence-corrected chi connectivity index (χ0v) is 11.0. The summed E-state index contributed by atoms with van der Waals surface area (Å²) in [6.07, 6.45) is 1.13. The Morgan fingerprint density at radius 2 is 2.11 bits per heavy atom. The minimum absolute atomic E-state index is 0.222. The number of aryl methyl sites for hydroxylation is 1. The Balaban J connectivity index is 2.20. The number of para-hydroxylation sites is 1. The fourth-order valence-electron chi connectivity index (χ4n) is 1.73. The summed E-state index contributed by atoms with van der Waals surface area (Å²) < 4.78 is 1.67. The summed E-state index contributed by atoms with van der Waals surface area (Å²) in [7, 11) is 0. The van der Waals surface area contributed by atoms with E-state index in [2.05, 4.69) is 10.4 Å². The number of amides is 1. The lowest BCUT2D eigenvalue weighted by molar-refractivity contribution is 0.0923. The van der Waals surface area contributed by atoms with Crippen molar-refractivity contribution in [3.05, 3.63) is 47.8 Å². The van der Waals surface area contributed by atoms with Crippen LogP contribution in [-0.4, -0.2) is 33.4 Å². The number of rotatable bonds is 4. The lowest BCUT2D eigenvalue weighted by Gasteiger charge is -2.05. The van der Waals surface area contributed by atoms with Crippen LogP contribution in [-0.2, 0) is 0 Å². The fourth-order valence-corrected chi connectivity index (χ4v) is 1.73. The molecule has 1 heterocycles. The van der Waals surface area contributed by atoms with E-state index in [0.29, 0.717) is 11.3 Å². The van der Waals surface area contributed by atoms with Crippen molar-refractivity contribution in [2.75, 3.05) is 6.54 Å². The van der Waals surface area contributed by atoms with Crippen LogP contribution < -0.4 is 5.32 Å². The van der Waals surface area contributed by atoms with Crippen molar-refractivity contribution >= 4 is 5.91 Å². The molecule has 2 rings (SSSR count). The Hall–Kier alpha value is -2.14. The molecule has 0 saturated carbocycles. The van der Waals surface area contributed by atoms with Crippen LogP contribution in [0.1, 0.15) is 23.0 Å². The van der Waals surface area contributed by atoms with Gasteiger partial charge in [0.2, 0.25) is 0 Å². The first-order valence-corrected chi connectivity index (χ1v) is 6.16. The van der Waals surface area contributed by atoms with Gasteiger partial charge in [-0.05, 0) is 26.0 Å². The van der Waals surface area contributed by atoms with Crippen LogP contribution in [0, 0.1) is 6.92 Å². The molecule has 0 fully saturated rings. The van der Waals surface area contributed by atoms with E-state index in [1.54, 1.807) is 24.7 Å². The second-order valence-electron chi connectivity index (χ2n) is 4.47. The Bertz CT molecular complexity index is 561. The van der Waals surface area contributed by atoms with Gasteiger partial charge in [0.05, 0.1) is 23.0 Å². The lowest BCUT2D eigenvalue weighted by atomic mass is 10.2. The molecule has 0 bridgehead atoms. The number of aromatic nitrogens is 2. The molecule has 0 aliphatic rings. The van der Waals surface area contributed by atoms with E-state index in [1.165, 1.54) is 0 Å². The second-order valence-corrected chi connectivity index (χ2v) is 4.47. The smallest absolute Gasteiger partial charge is 0.254 e. The lowest BCUT2D eigenvalue weighted by Crippen LogP contribution is -2.30. The van der Waals surface area contributed by atoms with Gasteiger partial charge in [-0.3, -0.25) is 4.79 Å². The zero-order valence-electron chi connectivity index (χ0n) is 11.0. The van der Waals surface area contributed by atoms with E-state index in [1.807, 2.05) is 30.3 Å². The predicted molar refractivity (Wildman–Crippen MR) is 72.3 cm³/mol. The van der Waals surface area contributed by atoms with Gasteiger partial charge in [-0.25, -0.2) is 4.68 Å². The molecule has 1 atom stereocenters. The number of hydrogen-bond acceptors (Lipinski definition) is 3. The van der Waals surface area contributed by atoms with Crippen molar-refractivity contribution in [3.8, 4) is 5.69 Å². The molecule has 5 heteroatoms. The van der Waals surface area contributed by atoms with Crippen LogP contribution in [0.4, 0.5) is 0 Å². The van der Waals surface area contributed by atoms with Crippen LogP contribution in [0.15, 0.2) is 36.5 Å². The first kappa shape index (κ1) is 13.3. The van der Waals surface area contributed by atoms with Crippen LogP contribution in [0.3, 0.4) is 0 Å². The summed E-state index contributed by atoms with van der Waals surface area (Å²) in [6, 6.07) is 9.60. The Morgan fingerprint density at radius 3 is 2.74 bits per heavy atom. The molecule has 2 aromatic rings. The molecule has 0 aliphatic heterocycles. The van der Waals surface area contributed by atoms with E-state index in [0.717, 1.165) is 5.69 Å².